The lowest BCUT2D eigenvalue weighted by Gasteiger charge is -2.40. The van der Waals surface area contributed by atoms with Gasteiger partial charge in [-0.05, 0) is 24.5 Å². The molecule has 9 heteroatoms. The average molecular weight is 425 g/mol. The van der Waals surface area contributed by atoms with Crippen LogP contribution in [0.2, 0.25) is 0 Å². The molecule has 2 aromatic heterocycles. The summed E-state index contributed by atoms with van der Waals surface area (Å²) in [5.41, 5.74) is -0.324. The predicted octanol–water partition coefficient (Wildman–Crippen LogP) is 2.88. The highest BCUT2D eigenvalue weighted by Gasteiger charge is 2.62. The number of amides is 1. The van der Waals surface area contributed by atoms with Gasteiger partial charge < -0.3 is 14.5 Å². The van der Waals surface area contributed by atoms with Crippen molar-refractivity contribution in [1.82, 2.24) is 19.5 Å². The third-order valence-electron chi connectivity index (χ3n) is 6.76. The molecule has 3 aliphatic heterocycles. The monoisotopic (exact) mass is 425 g/mol. The molecule has 1 aromatic carbocycles. The van der Waals surface area contributed by atoms with E-state index < -0.39 is 23.8 Å². The van der Waals surface area contributed by atoms with Crippen molar-refractivity contribution >= 4 is 17.4 Å². The minimum Gasteiger partial charge on any atom is -0.353 e. The molecule has 0 bridgehead atoms. The highest BCUT2D eigenvalue weighted by atomic mass is 19.1. The lowest BCUT2D eigenvalue weighted by atomic mass is 9.88. The van der Waals surface area contributed by atoms with Gasteiger partial charge in [0.25, 0.3) is 5.91 Å². The highest BCUT2D eigenvalue weighted by molar-refractivity contribution is 5.89. The third-order valence-corrected chi connectivity index (χ3v) is 6.76. The first kappa shape index (κ1) is 18.7. The maximum atomic E-state index is 15.6. The molecular weight excluding hydrogens is 404 g/mol. The molecule has 1 spiro atoms. The molecular formula is C22H21F2N5O2. The minimum atomic E-state index is -1.51. The summed E-state index contributed by atoms with van der Waals surface area (Å²) in [6.07, 6.45) is 2.38. The van der Waals surface area contributed by atoms with E-state index in [0.29, 0.717) is 18.8 Å². The van der Waals surface area contributed by atoms with Crippen molar-refractivity contribution in [2.24, 2.45) is 0 Å². The quantitative estimate of drug-likeness (QED) is 0.632. The Labute approximate surface area is 177 Å². The van der Waals surface area contributed by atoms with Gasteiger partial charge >= 0.3 is 0 Å². The summed E-state index contributed by atoms with van der Waals surface area (Å²) in [7, 11) is 0. The van der Waals surface area contributed by atoms with Gasteiger partial charge in [0.2, 0.25) is 0 Å². The fraction of sp³-hybridized carbons (Fsp3) is 0.409. The number of rotatable bonds is 2. The van der Waals surface area contributed by atoms with Crippen LogP contribution in [-0.2, 0) is 9.53 Å². The van der Waals surface area contributed by atoms with Crippen LogP contribution < -0.4 is 4.90 Å². The largest absolute Gasteiger partial charge is 0.353 e. The lowest BCUT2D eigenvalue weighted by Crippen LogP contribution is -2.59. The van der Waals surface area contributed by atoms with Crippen molar-refractivity contribution in [3.05, 3.63) is 60.2 Å². The van der Waals surface area contributed by atoms with Gasteiger partial charge in [-0.25, -0.2) is 13.8 Å². The van der Waals surface area contributed by atoms with Crippen molar-refractivity contribution in [1.29, 1.82) is 0 Å². The number of alkyl halides is 1. The van der Waals surface area contributed by atoms with Crippen LogP contribution in [0.3, 0.4) is 0 Å². The number of hydrogen-bond donors (Lipinski definition) is 0. The lowest BCUT2D eigenvalue weighted by molar-refractivity contribution is -0.148. The number of hydrogen-bond acceptors (Lipinski definition) is 5. The second-order valence-corrected chi connectivity index (χ2v) is 8.37. The number of anilines is 1. The van der Waals surface area contributed by atoms with Gasteiger partial charge in [0.1, 0.15) is 12.0 Å². The Kier molecular flexibility index (Phi) is 4.05. The summed E-state index contributed by atoms with van der Waals surface area (Å²) in [6, 6.07) is 11.4. The SMILES string of the molecule is O=C1N2C(CCC2c2ccccc2)OC12CCN(c1ccnc3c(F)cnn13)CC2F. The maximum Gasteiger partial charge on any atom is 0.260 e. The number of piperidine rings is 1. The van der Waals surface area contributed by atoms with Crippen molar-refractivity contribution in [3.63, 3.8) is 0 Å². The van der Waals surface area contributed by atoms with Gasteiger partial charge in [0.05, 0.1) is 18.8 Å². The van der Waals surface area contributed by atoms with E-state index in [0.717, 1.165) is 18.2 Å². The average Bonchev–Trinajstić information content (AvgIpc) is 3.45. The Morgan fingerprint density at radius 3 is 2.81 bits per heavy atom. The van der Waals surface area contributed by atoms with Gasteiger partial charge in [-0.3, -0.25) is 4.79 Å². The molecule has 3 aliphatic rings. The van der Waals surface area contributed by atoms with Gasteiger partial charge in [-0.2, -0.15) is 9.61 Å². The fourth-order valence-electron chi connectivity index (χ4n) is 5.24. The van der Waals surface area contributed by atoms with Crippen LogP contribution in [-0.4, -0.2) is 56.5 Å². The van der Waals surface area contributed by atoms with E-state index in [4.69, 9.17) is 4.74 Å². The topological polar surface area (TPSA) is 63.0 Å². The third kappa shape index (κ3) is 2.62. The number of ether oxygens (including phenoxy) is 1. The van der Waals surface area contributed by atoms with Crippen LogP contribution in [0, 0.1) is 5.82 Å². The molecule has 160 valence electrons. The Hall–Kier alpha value is -3.07. The molecule has 0 saturated carbocycles. The molecule has 4 unspecified atom stereocenters. The van der Waals surface area contributed by atoms with E-state index in [9.17, 15) is 9.18 Å². The zero-order valence-electron chi connectivity index (χ0n) is 16.7. The van der Waals surface area contributed by atoms with E-state index in [1.54, 1.807) is 15.9 Å². The number of halogens is 2. The van der Waals surface area contributed by atoms with E-state index in [1.165, 1.54) is 10.7 Å². The fourth-order valence-corrected chi connectivity index (χ4v) is 5.24. The van der Waals surface area contributed by atoms with Gasteiger partial charge in [-0.15, -0.1) is 0 Å². The first-order chi connectivity index (χ1) is 15.1. The minimum absolute atomic E-state index is 0.0388. The van der Waals surface area contributed by atoms with Crippen LogP contribution in [0.4, 0.5) is 14.6 Å². The van der Waals surface area contributed by atoms with E-state index in [-0.39, 0.29) is 30.6 Å². The molecule has 4 atom stereocenters. The first-order valence-electron chi connectivity index (χ1n) is 10.5. The van der Waals surface area contributed by atoms with Crippen LogP contribution in [0.15, 0.2) is 48.8 Å². The number of carbonyl (C=O) groups excluding carboxylic acids is 1. The summed E-state index contributed by atoms with van der Waals surface area (Å²) in [5.74, 6) is -0.255. The molecule has 7 nitrogen and oxygen atoms in total. The Balaban J connectivity index is 1.27. The Morgan fingerprint density at radius 2 is 2.00 bits per heavy atom. The number of aromatic nitrogens is 3. The molecule has 6 rings (SSSR count). The van der Waals surface area contributed by atoms with E-state index in [2.05, 4.69) is 10.1 Å². The van der Waals surface area contributed by atoms with E-state index in [1.807, 2.05) is 30.3 Å². The second kappa shape index (κ2) is 6.71. The molecule has 3 fully saturated rings. The zero-order valence-corrected chi connectivity index (χ0v) is 16.7. The number of benzene rings is 1. The second-order valence-electron chi connectivity index (χ2n) is 8.37. The van der Waals surface area contributed by atoms with Gasteiger partial charge in [0.15, 0.2) is 23.2 Å². The van der Waals surface area contributed by atoms with Gasteiger partial charge in [-0.1, -0.05) is 30.3 Å². The van der Waals surface area contributed by atoms with Gasteiger partial charge in [0, 0.05) is 19.2 Å². The van der Waals surface area contributed by atoms with Crippen molar-refractivity contribution in [2.75, 3.05) is 18.0 Å². The van der Waals surface area contributed by atoms with Crippen LogP contribution in [0.25, 0.3) is 5.65 Å². The Morgan fingerprint density at radius 1 is 1.16 bits per heavy atom. The first-order valence-corrected chi connectivity index (χ1v) is 10.5. The number of nitrogens with zero attached hydrogens (tertiary/aromatic N) is 5. The highest BCUT2D eigenvalue weighted by Crippen LogP contribution is 2.48. The standard InChI is InChI=1S/C22H21F2N5O2/c23-15-12-26-29-18(8-10-25-20(15)29)27-11-9-22(17(24)13-27)21(30)28-16(6-7-19(28)31-22)14-4-2-1-3-5-14/h1-5,8,10,12,16-17,19H,6-7,9,11,13H2. The smallest absolute Gasteiger partial charge is 0.260 e. The normalized spacial score (nSPS) is 30.5. The maximum absolute atomic E-state index is 15.6. The zero-order chi connectivity index (χ0) is 21.2. The molecule has 31 heavy (non-hydrogen) atoms. The molecule has 3 saturated heterocycles. The predicted molar refractivity (Wildman–Crippen MR) is 108 cm³/mol. The van der Waals surface area contributed by atoms with Crippen LogP contribution in [0.1, 0.15) is 30.9 Å². The molecule has 0 N–H and O–H groups in total. The van der Waals surface area contributed by atoms with Crippen molar-refractivity contribution in [3.8, 4) is 0 Å². The van der Waals surface area contributed by atoms with Crippen molar-refractivity contribution < 1.29 is 18.3 Å². The summed E-state index contributed by atoms with van der Waals surface area (Å²) in [5, 5.41) is 4.02. The molecule has 5 heterocycles. The molecule has 0 radical (unpaired) electrons. The Bertz CT molecular complexity index is 1160. The molecule has 3 aromatic rings. The van der Waals surface area contributed by atoms with E-state index >= 15 is 4.39 Å². The molecule has 1 amide bonds. The number of carbonyl (C=O) groups is 1. The summed E-state index contributed by atoms with van der Waals surface area (Å²) >= 11 is 0. The van der Waals surface area contributed by atoms with Crippen molar-refractivity contribution in [2.45, 2.75) is 43.3 Å². The summed E-state index contributed by atoms with van der Waals surface area (Å²) in [4.78, 5) is 21.0. The summed E-state index contributed by atoms with van der Waals surface area (Å²) in [6.45, 7) is 0.353. The summed E-state index contributed by atoms with van der Waals surface area (Å²) < 4.78 is 37.0. The van der Waals surface area contributed by atoms with Crippen LogP contribution in [0.5, 0.6) is 0 Å². The molecule has 0 aliphatic carbocycles. The van der Waals surface area contributed by atoms with Crippen LogP contribution >= 0.6 is 0 Å². The number of fused-ring (bicyclic) bond motifs is 2.